The highest BCUT2D eigenvalue weighted by Gasteiger charge is 2.11. The number of amides is 1. The predicted octanol–water partition coefficient (Wildman–Crippen LogP) is 4.22. The second-order valence-electron chi connectivity index (χ2n) is 6.11. The minimum atomic E-state index is -0.226. The van der Waals surface area contributed by atoms with Crippen molar-refractivity contribution in [3.63, 3.8) is 0 Å². The van der Waals surface area contributed by atoms with E-state index in [1.807, 2.05) is 50.2 Å². The summed E-state index contributed by atoms with van der Waals surface area (Å²) in [4.78, 5) is 21.3. The Morgan fingerprint density at radius 1 is 1.04 bits per heavy atom. The van der Waals surface area contributed by atoms with Gasteiger partial charge in [0.1, 0.15) is 11.6 Å². The maximum atomic E-state index is 12.5. The van der Waals surface area contributed by atoms with Gasteiger partial charge in [-0.1, -0.05) is 12.1 Å². The Labute approximate surface area is 164 Å². The van der Waals surface area contributed by atoms with Gasteiger partial charge in [-0.15, -0.1) is 0 Å². The van der Waals surface area contributed by atoms with Crippen LogP contribution >= 0.6 is 0 Å². The van der Waals surface area contributed by atoms with Gasteiger partial charge in [0.15, 0.2) is 0 Å². The van der Waals surface area contributed by atoms with Crippen molar-refractivity contribution >= 4 is 29.0 Å². The molecule has 0 atom stereocenters. The van der Waals surface area contributed by atoms with Crippen molar-refractivity contribution in [1.82, 2.24) is 9.97 Å². The third kappa shape index (κ3) is 4.76. The van der Waals surface area contributed by atoms with Gasteiger partial charge < -0.3 is 20.7 Å². The van der Waals surface area contributed by atoms with Gasteiger partial charge in [-0.25, -0.2) is 4.98 Å². The highest BCUT2D eigenvalue weighted by molar-refractivity contribution is 6.06. The highest BCUT2D eigenvalue weighted by atomic mass is 16.5. The molecule has 0 radical (unpaired) electrons. The monoisotopic (exact) mass is 377 g/mol. The average molecular weight is 377 g/mol. The van der Waals surface area contributed by atoms with Gasteiger partial charge in [0, 0.05) is 29.7 Å². The largest absolute Gasteiger partial charge is 0.496 e. The Kier molecular flexibility index (Phi) is 6.06. The van der Waals surface area contributed by atoms with Crippen molar-refractivity contribution in [3.8, 4) is 5.75 Å². The minimum absolute atomic E-state index is 0.226. The van der Waals surface area contributed by atoms with Crippen molar-refractivity contribution in [3.05, 3.63) is 65.9 Å². The van der Waals surface area contributed by atoms with Crippen LogP contribution in [0.5, 0.6) is 5.75 Å². The van der Waals surface area contributed by atoms with E-state index in [0.29, 0.717) is 22.9 Å². The van der Waals surface area contributed by atoms with Crippen LogP contribution in [-0.4, -0.2) is 29.5 Å². The molecule has 3 N–H and O–H groups in total. The maximum absolute atomic E-state index is 12.5. The van der Waals surface area contributed by atoms with E-state index >= 15 is 0 Å². The molecule has 2 aromatic carbocycles. The van der Waals surface area contributed by atoms with Crippen LogP contribution in [-0.2, 0) is 0 Å². The fourth-order valence-corrected chi connectivity index (χ4v) is 2.69. The number of hydrogen-bond donors (Lipinski definition) is 3. The zero-order chi connectivity index (χ0) is 19.9. The molecule has 0 aliphatic heterocycles. The summed E-state index contributed by atoms with van der Waals surface area (Å²) < 4.78 is 5.24. The lowest BCUT2D eigenvalue weighted by atomic mass is 10.2. The first-order chi connectivity index (χ1) is 13.6. The Balaban J connectivity index is 1.69. The molecule has 0 aliphatic carbocycles. The normalized spacial score (nSPS) is 10.2. The van der Waals surface area contributed by atoms with E-state index in [9.17, 15) is 4.79 Å². The molecule has 7 heteroatoms. The Morgan fingerprint density at radius 3 is 2.46 bits per heavy atom. The predicted molar refractivity (Wildman–Crippen MR) is 112 cm³/mol. The van der Waals surface area contributed by atoms with E-state index in [4.69, 9.17) is 4.74 Å². The molecule has 0 saturated heterocycles. The summed E-state index contributed by atoms with van der Waals surface area (Å²) >= 11 is 0. The third-order valence-electron chi connectivity index (χ3n) is 3.96. The first-order valence-electron chi connectivity index (χ1n) is 9.00. The summed E-state index contributed by atoms with van der Waals surface area (Å²) in [6.07, 6.45) is 0. The first-order valence-corrected chi connectivity index (χ1v) is 9.00. The fraction of sp³-hybridized carbons (Fsp3) is 0.190. The quantitative estimate of drug-likeness (QED) is 0.571. The number of hydrogen-bond acceptors (Lipinski definition) is 6. The van der Waals surface area contributed by atoms with Crippen LogP contribution in [0.3, 0.4) is 0 Å². The lowest BCUT2D eigenvalue weighted by molar-refractivity contribution is 0.102. The van der Waals surface area contributed by atoms with E-state index in [1.165, 1.54) is 0 Å². The van der Waals surface area contributed by atoms with Gasteiger partial charge in [-0.2, -0.15) is 4.98 Å². The van der Waals surface area contributed by atoms with Crippen LogP contribution in [0.2, 0.25) is 0 Å². The smallest absolute Gasteiger partial charge is 0.259 e. The van der Waals surface area contributed by atoms with E-state index in [0.717, 1.165) is 23.7 Å². The van der Waals surface area contributed by atoms with Crippen LogP contribution in [0.25, 0.3) is 0 Å². The van der Waals surface area contributed by atoms with Crippen LogP contribution in [0.4, 0.5) is 23.1 Å². The van der Waals surface area contributed by atoms with Gasteiger partial charge in [-0.05, 0) is 50.2 Å². The molecule has 0 spiro atoms. The Bertz CT molecular complexity index is 957. The van der Waals surface area contributed by atoms with Gasteiger partial charge in [0.05, 0.1) is 12.7 Å². The third-order valence-corrected chi connectivity index (χ3v) is 3.96. The van der Waals surface area contributed by atoms with Crippen LogP contribution in [0.1, 0.15) is 23.0 Å². The number of benzene rings is 2. The number of anilines is 4. The van der Waals surface area contributed by atoms with E-state index in [2.05, 4.69) is 25.9 Å². The molecular weight excluding hydrogens is 354 g/mol. The van der Waals surface area contributed by atoms with Crippen LogP contribution < -0.4 is 20.7 Å². The number of rotatable bonds is 7. The van der Waals surface area contributed by atoms with E-state index in [1.54, 1.807) is 25.3 Å². The summed E-state index contributed by atoms with van der Waals surface area (Å²) in [6, 6.07) is 16.3. The van der Waals surface area contributed by atoms with E-state index < -0.39 is 0 Å². The van der Waals surface area contributed by atoms with Crippen molar-refractivity contribution in [1.29, 1.82) is 0 Å². The van der Waals surface area contributed by atoms with Crippen LogP contribution in [0, 0.1) is 6.92 Å². The summed E-state index contributed by atoms with van der Waals surface area (Å²) in [5.41, 5.74) is 2.86. The number of carbonyl (C=O) groups is 1. The Hall–Kier alpha value is -3.61. The highest BCUT2D eigenvalue weighted by Crippen LogP contribution is 2.21. The molecule has 0 bridgehead atoms. The van der Waals surface area contributed by atoms with Crippen molar-refractivity contribution in [2.75, 3.05) is 29.6 Å². The second kappa shape index (κ2) is 8.85. The lowest BCUT2D eigenvalue weighted by Gasteiger charge is -2.11. The lowest BCUT2D eigenvalue weighted by Crippen LogP contribution is -2.13. The molecule has 0 unspecified atom stereocenters. The molecule has 144 valence electrons. The number of carbonyl (C=O) groups excluding carboxylic acids is 1. The van der Waals surface area contributed by atoms with Crippen molar-refractivity contribution < 1.29 is 9.53 Å². The maximum Gasteiger partial charge on any atom is 0.259 e. The number of methoxy groups -OCH3 is 1. The number of para-hydroxylation sites is 1. The molecule has 3 aromatic rings. The molecule has 0 aliphatic rings. The molecule has 0 saturated carbocycles. The molecule has 28 heavy (non-hydrogen) atoms. The first kappa shape index (κ1) is 19.2. The van der Waals surface area contributed by atoms with Crippen LogP contribution in [0.15, 0.2) is 54.6 Å². The number of aryl methyl sites for hydroxylation is 1. The molecule has 1 heterocycles. The average Bonchev–Trinajstić information content (AvgIpc) is 2.69. The molecule has 0 fully saturated rings. The Morgan fingerprint density at radius 2 is 1.75 bits per heavy atom. The van der Waals surface area contributed by atoms with Crippen molar-refractivity contribution in [2.24, 2.45) is 0 Å². The molecule has 1 amide bonds. The van der Waals surface area contributed by atoms with Gasteiger partial charge in [0.25, 0.3) is 5.91 Å². The minimum Gasteiger partial charge on any atom is -0.496 e. The number of nitrogens with one attached hydrogen (secondary N) is 3. The summed E-state index contributed by atoms with van der Waals surface area (Å²) in [7, 11) is 1.54. The number of aromatic nitrogens is 2. The zero-order valence-corrected chi connectivity index (χ0v) is 16.1. The van der Waals surface area contributed by atoms with Gasteiger partial charge in [0.2, 0.25) is 5.95 Å². The van der Waals surface area contributed by atoms with Gasteiger partial charge >= 0.3 is 0 Å². The molecule has 7 nitrogen and oxygen atoms in total. The number of nitrogens with zero attached hydrogens (tertiary/aromatic N) is 2. The topological polar surface area (TPSA) is 88.2 Å². The summed E-state index contributed by atoms with van der Waals surface area (Å²) in [5.74, 6) is 1.60. The van der Waals surface area contributed by atoms with Crippen molar-refractivity contribution in [2.45, 2.75) is 13.8 Å². The SMILES string of the molecule is CCNc1cc(C)nc(Nc2ccc(NC(=O)c3ccccc3OC)cc2)n1. The van der Waals surface area contributed by atoms with E-state index in [-0.39, 0.29) is 5.91 Å². The summed E-state index contributed by atoms with van der Waals surface area (Å²) in [5, 5.41) is 9.23. The zero-order valence-electron chi connectivity index (χ0n) is 16.1. The fourth-order valence-electron chi connectivity index (χ4n) is 2.69. The molecule has 1 aromatic heterocycles. The van der Waals surface area contributed by atoms with Gasteiger partial charge in [-0.3, -0.25) is 4.79 Å². The number of ether oxygens (including phenoxy) is 1. The molecular formula is C21H23N5O2. The summed E-state index contributed by atoms with van der Waals surface area (Å²) in [6.45, 7) is 4.73. The standard InChI is InChI=1S/C21H23N5O2/c1-4-22-19-13-14(2)23-21(26-19)25-16-11-9-15(10-12-16)24-20(27)17-7-5-6-8-18(17)28-3/h5-13H,4H2,1-3H3,(H,24,27)(H2,22,23,25,26). The second-order valence-corrected chi connectivity index (χ2v) is 6.11. The molecule has 3 rings (SSSR count).